The fourth-order valence-electron chi connectivity index (χ4n) is 3.71. The molecule has 1 aliphatic heterocycles. The van der Waals surface area contributed by atoms with E-state index in [0.29, 0.717) is 18.5 Å². The van der Waals surface area contributed by atoms with Gasteiger partial charge in [0.25, 0.3) is 5.91 Å². The molecule has 0 aromatic heterocycles. The molecule has 1 atom stereocenters. The van der Waals surface area contributed by atoms with Crippen LogP contribution in [0.4, 0.5) is 0 Å². The second-order valence-corrected chi connectivity index (χ2v) is 6.90. The van der Waals surface area contributed by atoms with Gasteiger partial charge in [0, 0.05) is 24.1 Å². The second kappa shape index (κ2) is 7.83. The van der Waals surface area contributed by atoms with Crippen molar-refractivity contribution in [1.29, 1.82) is 0 Å². The molecule has 0 bridgehead atoms. The Bertz CT molecular complexity index is 713. The Morgan fingerprint density at radius 3 is 2.36 bits per heavy atom. The Morgan fingerprint density at radius 1 is 0.920 bits per heavy atom. The number of hydrogen-bond donors (Lipinski definition) is 1. The maximum atomic E-state index is 12.9. The summed E-state index contributed by atoms with van der Waals surface area (Å²) in [7, 11) is 0. The molecule has 3 nitrogen and oxygen atoms in total. The number of hydrogen-bond acceptors (Lipinski definition) is 2. The highest BCUT2D eigenvalue weighted by Crippen LogP contribution is 2.39. The molecular weight excluding hydrogens is 310 g/mol. The van der Waals surface area contributed by atoms with Crippen molar-refractivity contribution in [3.8, 4) is 0 Å². The van der Waals surface area contributed by atoms with E-state index in [1.54, 1.807) is 4.90 Å². The lowest BCUT2D eigenvalue weighted by molar-refractivity contribution is -0.0841. The Balaban J connectivity index is 1.83. The molecule has 0 unspecified atom stereocenters. The van der Waals surface area contributed by atoms with E-state index in [1.807, 2.05) is 54.6 Å². The average molecular weight is 337 g/mol. The van der Waals surface area contributed by atoms with Gasteiger partial charge in [-0.1, -0.05) is 81.1 Å². The summed E-state index contributed by atoms with van der Waals surface area (Å²) in [4.78, 5) is 14.6. The molecule has 3 rings (SSSR count). The predicted octanol–water partition coefficient (Wildman–Crippen LogP) is 4.50. The molecule has 1 N–H and O–H groups in total. The van der Waals surface area contributed by atoms with Gasteiger partial charge in [0.15, 0.2) is 5.72 Å². The Labute approximate surface area is 150 Å². The van der Waals surface area contributed by atoms with Crippen molar-refractivity contribution in [3.63, 3.8) is 0 Å². The third-order valence-electron chi connectivity index (χ3n) is 5.06. The van der Waals surface area contributed by atoms with E-state index in [-0.39, 0.29) is 5.91 Å². The van der Waals surface area contributed by atoms with Gasteiger partial charge in [-0.15, -0.1) is 0 Å². The van der Waals surface area contributed by atoms with Crippen LogP contribution in [-0.2, 0) is 12.1 Å². The number of amides is 1. The summed E-state index contributed by atoms with van der Waals surface area (Å²) in [6.07, 6.45) is 6.05. The fourth-order valence-corrected chi connectivity index (χ4v) is 3.71. The topological polar surface area (TPSA) is 40.5 Å². The van der Waals surface area contributed by atoms with Gasteiger partial charge in [-0.25, -0.2) is 0 Å². The van der Waals surface area contributed by atoms with E-state index in [1.165, 1.54) is 19.3 Å². The highest BCUT2D eigenvalue weighted by molar-refractivity contribution is 5.99. The molecule has 0 spiro atoms. The number of fused-ring (bicyclic) bond motifs is 1. The van der Waals surface area contributed by atoms with Gasteiger partial charge in [-0.3, -0.25) is 4.79 Å². The van der Waals surface area contributed by atoms with Crippen molar-refractivity contribution >= 4 is 5.91 Å². The summed E-state index contributed by atoms with van der Waals surface area (Å²) in [5.41, 5.74) is 1.15. The van der Waals surface area contributed by atoms with Gasteiger partial charge in [0.1, 0.15) is 0 Å². The van der Waals surface area contributed by atoms with Crippen LogP contribution in [0.5, 0.6) is 0 Å². The Morgan fingerprint density at radius 2 is 1.60 bits per heavy atom. The maximum Gasteiger partial charge on any atom is 0.256 e. The first-order valence-electron chi connectivity index (χ1n) is 9.34. The van der Waals surface area contributed by atoms with E-state index in [4.69, 9.17) is 0 Å². The van der Waals surface area contributed by atoms with E-state index >= 15 is 0 Å². The van der Waals surface area contributed by atoms with Gasteiger partial charge in [0.05, 0.1) is 0 Å². The molecule has 25 heavy (non-hydrogen) atoms. The van der Waals surface area contributed by atoms with Gasteiger partial charge >= 0.3 is 0 Å². The molecule has 0 saturated heterocycles. The SMILES string of the molecule is CCCCCCCN1C(=O)c2ccccc2[C@]1(O)Cc1ccccc1. The van der Waals surface area contributed by atoms with Crippen LogP contribution in [-0.4, -0.2) is 22.5 Å². The van der Waals surface area contributed by atoms with Crippen LogP contribution in [0.2, 0.25) is 0 Å². The highest BCUT2D eigenvalue weighted by Gasteiger charge is 2.47. The van der Waals surface area contributed by atoms with Crippen LogP contribution in [0, 0.1) is 0 Å². The minimum atomic E-state index is -1.25. The van der Waals surface area contributed by atoms with Crippen molar-refractivity contribution in [3.05, 3.63) is 71.3 Å². The first-order chi connectivity index (χ1) is 12.2. The molecule has 0 fully saturated rings. The quantitative estimate of drug-likeness (QED) is 0.721. The average Bonchev–Trinajstić information content (AvgIpc) is 2.84. The second-order valence-electron chi connectivity index (χ2n) is 6.90. The van der Waals surface area contributed by atoms with Crippen molar-refractivity contribution < 1.29 is 9.90 Å². The first kappa shape index (κ1) is 17.7. The number of benzene rings is 2. The van der Waals surface area contributed by atoms with Gasteiger partial charge in [0.2, 0.25) is 0 Å². The highest BCUT2D eigenvalue weighted by atomic mass is 16.3. The lowest BCUT2D eigenvalue weighted by atomic mass is 9.94. The van der Waals surface area contributed by atoms with E-state index in [0.717, 1.165) is 24.0 Å². The standard InChI is InChI=1S/C22H27NO2/c1-2-3-4-5-11-16-23-21(24)19-14-9-10-15-20(19)22(23,25)17-18-12-7-6-8-13-18/h6-10,12-15,25H,2-5,11,16-17H2,1H3/t22-/m1/s1. The maximum absolute atomic E-state index is 12.9. The summed E-state index contributed by atoms with van der Waals surface area (Å²) < 4.78 is 0. The van der Waals surface area contributed by atoms with Gasteiger partial charge in [-0.2, -0.15) is 0 Å². The van der Waals surface area contributed by atoms with Crippen LogP contribution in [0.15, 0.2) is 54.6 Å². The van der Waals surface area contributed by atoms with Crippen molar-refractivity contribution in [1.82, 2.24) is 4.90 Å². The zero-order chi connectivity index (χ0) is 17.7. The predicted molar refractivity (Wildman–Crippen MR) is 100 cm³/mol. The Kier molecular flexibility index (Phi) is 5.54. The van der Waals surface area contributed by atoms with E-state index in [9.17, 15) is 9.90 Å². The number of carbonyl (C=O) groups excluding carboxylic acids is 1. The molecule has 2 aromatic rings. The molecule has 1 aliphatic rings. The summed E-state index contributed by atoms with van der Waals surface area (Å²) >= 11 is 0. The van der Waals surface area contributed by atoms with Crippen molar-refractivity contribution in [2.75, 3.05) is 6.54 Å². The number of nitrogens with zero attached hydrogens (tertiary/aromatic N) is 1. The number of aliphatic hydroxyl groups is 1. The third-order valence-corrected chi connectivity index (χ3v) is 5.06. The van der Waals surface area contributed by atoms with Crippen LogP contribution >= 0.6 is 0 Å². The van der Waals surface area contributed by atoms with Crippen LogP contribution < -0.4 is 0 Å². The smallest absolute Gasteiger partial charge is 0.256 e. The lowest BCUT2D eigenvalue weighted by Gasteiger charge is -2.34. The van der Waals surface area contributed by atoms with Crippen LogP contribution in [0.1, 0.15) is 60.5 Å². The minimum absolute atomic E-state index is 0.0514. The molecule has 132 valence electrons. The van der Waals surface area contributed by atoms with Gasteiger partial charge < -0.3 is 10.0 Å². The largest absolute Gasteiger partial charge is 0.366 e. The Hall–Kier alpha value is -2.13. The van der Waals surface area contributed by atoms with Gasteiger partial charge in [-0.05, 0) is 18.1 Å². The third kappa shape index (κ3) is 3.62. The molecule has 1 amide bonds. The molecule has 3 heteroatoms. The zero-order valence-corrected chi connectivity index (χ0v) is 14.9. The van der Waals surface area contributed by atoms with Crippen LogP contribution in [0.3, 0.4) is 0 Å². The molecule has 1 heterocycles. The van der Waals surface area contributed by atoms with E-state index < -0.39 is 5.72 Å². The summed E-state index contributed by atoms with van der Waals surface area (Å²) in [6.45, 7) is 2.79. The number of unbranched alkanes of at least 4 members (excludes halogenated alkanes) is 4. The van der Waals surface area contributed by atoms with Crippen molar-refractivity contribution in [2.45, 2.75) is 51.2 Å². The van der Waals surface area contributed by atoms with E-state index in [2.05, 4.69) is 6.92 Å². The summed E-state index contributed by atoms with van der Waals surface area (Å²) in [5.74, 6) is -0.0514. The molecule has 0 saturated carbocycles. The summed E-state index contributed by atoms with van der Waals surface area (Å²) in [5, 5.41) is 11.5. The summed E-state index contributed by atoms with van der Waals surface area (Å²) in [6, 6.07) is 17.4. The normalized spacial score (nSPS) is 19.3. The number of carbonyl (C=O) groups is 1. The zero-order valence-electron chi connectivity index (χ0n) is 14.9. The molecule has 0 radical (unpaired) electrons. The van der Waals surface area contributed by atoms with Crippen molar-refractivity contribution in [2.24, 2.45) is 0 Å². The number of rotatable bonds is 8. The molecular formula is C22H27NO2. The monoisotopic (exact) mass is 337 g/mol. The minimum Gasteiger partial charge on any atom is -0.366 e. The van der Waals surface area contributed by atoms with Crippen LogP contribution in [0.25, 0.3) is 0 Å². The first-order valence-corrected chi connectivity index (χ1v) is 9.34. The lowest BCUT2D eigenvalue weighted by Crippen LogP contribution is -2.46. The molecule has 2 aromatic carbocycles. The molecule has 0 aliphatic carbocycles. The fraction of sp³-hybridized carbons (Fsp3) is 0.409.